The number of thiophene rings is 2. The zero-order chi connectivity index (χ0) is 33.0. The van der Waals surface area contributed by atoms with E-state index in [9.17, 15) is 0 Å². The van der Waals surface area contributed by atoms with Crippen molar-refractivity contribution in [2.24, 2.45) is 0 Å². The van der Waals surface area contributed by atoms with Crippen molar-refractivity contribution in [2.45, 2.75) is 6.54 Å². The summed E-state index contributed by atoms with van der Waals surface area (Å²) in [5.74, 6) is 0. The summed E-state index contributed by atoms with van der Waals surface area (Å²) in [6, 6.07) is 64.7. The van der Waals surface area contributed by atoms with Gasteiger partial charge in [0, 0.05) is 58.1 Å². The van der Waals surface area contributed by atoms with Gasteiger partial charge in [0.1, 0.15) is 0 Å². The van der Waals surface area contributed by atoms with E-state index in [-0.39, 0.29) is 0 Å². The van der Waals surface area contributed by atoms with Crippen LogP contribution in [0.25, 0.3) is 73.4 Å². The highest BCUT2D eigenvalue weighted by molar-refractivity contribution is 7.26. The van der Waals surface area contributed by atoms with E-state index < -0.39 is 0 Å². The van der Waals surface area contributed by atoms with E-state index in [1.54, 1.807) is 0 Å². The van der Waals surface area contributed by atoms with Crippen LogP contribution >= 0.6 is 22.7 Å². The van der Waals surface area contributed by atoms with Crippen LogP contribution < -0.4 is 4.90 Å². The molecule has 10 aromatic rings. The summed E-state index contributed by atoms with van der Waals surface area (Å²) in [7, 11) is 0. The topological polar surface area (TPSA) is 3.24 Å². The number of hydrogen-bond acceptors (Lipinski definition) is 3. The maximum Gasteiger partial charge on any atom is 0.0508 e. The Bertz CT molecular complexity index is 2870. The highest BCUT2D eigenvalue weighted by Crippen LogP contribution is 2.47. The van der Waals surface area contributed by atoms with Gasteiger partial charge in [-0.3, -0.25) is 0 Å². The normalized spacial score (nSPS) is 11.7. The molecule has 0 spiro atoms. The number of hydrogen-bond donors (Lipinski definition) is 0. The van der Waals surface area contributed by atoms with Gasteiger partial charge in [0.25, 0.3) is 0 Å². The highest BCUT2D eigenvalue weighted by atomic mass is 32.1. The number of fused-ring (bicyclic) bond motifs is 7. The molecule has 0 aliphatic heterocycles. The Labute approximate surface area is 298 Å². The minimum Gasteiger partial charge on any atom is -0.336 e. The van der Waals surface area contributed by atoms with Crippen LogP contribution in [-0.4, -0.2) is 0 Å². The first kappa shape index (κ1) is 29.2. The molecule has 0 aliphatic rings. The largest absolute Gasteiger partial charge is 0.336 e. The number of anilines is 2. The second-order valence-electron chi connectivity index (χ2n) is 12.8. The Balaban J connectivity index is 1.22. The molecule has 0 saturated heterocycles. The third-order valence-corrected chi connectivity index (χ3v) is 12.2. The van der Waals surface area contributed by atoms with E-state index in [1.165, 1.54) is 90.3 Å². The number of rotatable bonds is 6. The van der Waals surface area contributed by atoms with Crippen molar-refractivity contribution in [3.05, 3.63) is 181 Å². The summed E-state index contributed by atoms with van der Waals surface area (Å²) in [4.78, 5) is 2.57. The summed E-state index contributed by atoms with van der Waals surface area (Å²) in [5, 5.41) is 7.78. The predicted octanol–water partition coefficient (Wildman–Crippen LogP) is 14.2. The summed E-state index contributed by atoms with van der Waals surface area (Å²) in [6.45, 7) is 0.712. The Kier molecular flexibility index (Phi) is 7.00. The fourth-order valence-electron chi connectivity index (χ4n) is 7.68. The zero-order valence-corrected chi connectivity index (χ0v) is 28.8. The number of benzene rings is 8. The van der Waals surface area contributed by atoms with Crippen LogP contribution in [0.5, 0.6) is 0 Å². The molecule has 50 heavy (non-hydrogen) atoms. The van der Waals surface area contributed by atoms with Crippen LogP contribution in [0.2, 0.25) is 0 Å². The van der Waals surface area contributed by atoms with Crippen molar-refractivity contribution in [3.63, 3.8) is 0 Å². The molecule has 1 nitrogen and oxygen atoms in total. The second-order valence-corrected chi connectivity index (χ2v) is 15.0. The number of para-hydroxylation sites is 1. The quantitative estimate of drug-likeness (QED) is 0.170. The van der Waals surface area contributed by atoms with Gasteiger partial charge >= 0.3 is 0 Å². The van der Waals surface area contributed by atoms with E-state index in [4.69, 9.17) is 0 Å². The predicted molar refractivity (Wildman–Crippen MR) is 219 cm³/mol. The lowest BCUT2D eigenvalue weighted by Crippen LogP contribution is -2.18. The maximum absolute atomic E-state index is 2.57. The van der Waals surface area contributed by atoms with Crippen LogP contribution in [-0.2, 0) is 6.54 Å². The molecule has 2 heterocycles. The Morgan fingerprint density at radius 1 is 0.380 bits per heavy atom. The van der Waals surface area contributed by atoms with E-state index in [1.807, 2.05) is 22.7 Å². The Morgan fingerprint density at radius 3 is 1.76 bits per heavy atom. The molecule has 0 amide bonds. The maximum atomic E-state index is 2.57. The molecule has 0 fully saturated rings. The molecule has 0 N–H and O–H groups in total. The molecule has 8 aromatic carbocycles. The summed E-state index contributed by atoms with van der Waals surface area (Å²) in [5.41, 5.74) is 8.71. The van der Waals surface area contributed by atoms with Crippen molar-refractivity contribution in [3.8, 4) is 22.3 Å². The molecule has 3 heteroatoms. The van der Waals surface area contributed by atoms with Crippen molar-refractivity contribution in [1.29, 1.82) is 0 Å². The van der Waals surface area contributed by atoms with Gasteiger partial charge in [-0.2, -0.15) is 0 Å². The monoisotopic (exact) mass is 673 g/mol. The molecule has 0 saturated carbocycles. The smallest absolute Gasteiger partial charge is 0.0508 e. The molecule has 236 valence electrons. The van der Waals surface area contributed by atoms with Crippen LogP contribution in [0.1, 0.15) is 5.56 Å². The van der Waals surface area contributed by atoms with Crippen molar-refractivity contribution >= 4 is 85.2 Å². The third kappa shape index (κ3) is 4.81. The van der Waals surface area contributed by atoms with Gasteiger partial charge < -0.3 is 4.90 Å². The molecule has 0 bridgehead atoms. The van der Waals surface area contributed by atoms with Crippen LogP contribution in [0.3, 0.4) is 0 Å². The fraction of sp³-hybridized carbons (Fsp3) is 0.0213. The minimum absolute atomic E-state index is 0.712. The SMILES string of the molecule is c1ccc(-c2ccc3ccccc3c2)c(CN(c2ccccc2-c2cccc3sc4ccccc4c23)c2cccc3sc4ccccc4c23)c1. The highest BCUT2D eigenvalue weighted by Gasteiger charge is 2.22. The summed E-state index contributed by atoms with van der Waals surface area (Å²) >= 11 is 3.75. The van der Waals surface area contributed by atoms with Crippen molar-refractivity contribution < 1.29 is 0 Å². The lowest BCUT2D eigenvalue weighted by molar-refractivity contribution is 0.984. The van der Waals surface area contributed by atoms with Gasteiger partial charge in [-0.1, -0.05) is 133 Å². The first-order valence-corrected chi connectivity index (χ1v) is 18.7. The second kappa shape index (κ2) is 12.0. The Hall–Kier alpha value is -5.74. The van der Waals surface area contributed by atoms with E-state index >= 15 is 0 Å². The molecule has 0 unspecified atom stereocenters. The average molecular weight is 674 g/mol. The minimum atomic E-state index is 0.712. The van der Waals surface area contributed by atoms with Gasteiger partial charge in [-0.05, 0) is 75.5 Å². The van der Waals surface area contributed by atoms with Gasteiger partial charge in [-0.25, -0.2) is 0 Å². The van der Waals surface area contributed by atoms with Crippen LogP contribution in [0.15, 0.2) is 176 Å². The molecule has 0 radical (unpaired) electrons. The standard InChI is InChI=1S/C47H31NS2/c1-2-14-32-29-33(28-27-31(32)13-1)35-16-4-3-15-34(35)30-48(41-22-12-26-45-47(41)39-19-7-10-24-43(39)50-45)40-21-8-5-17-36(40)37-20-11-25-44-46(37)38-18-6-9-23-42(38)49-44/h1-29H,30H2. The van der Waals surface area contributed by atoms with Crippen LogP contribution in [0, 0.1) is 0 Å². The molecule has 0 atom stereocenters. The van der Waals surface area contributed by atoms with E-state index in [0.29, 0.717) is 6.54 Å². The lowest BCUT2D eigenvalue weighted by atomic mass is 9.95. The van der Waals surface area contributed by atoms with Gasteiger partial charge in [-0.15, -0.1) is 22.7 Å². The third-order valence-electron chi connectivity index (χ3n) is 9.97. The van der Waals surface area contributed by atoms with Crippen LogP contribution in [0.4, 0.5) is 11.4 Å². The van der Waals surface area contributed by atoms with Gasteiger partial charge in [0.2, 0.25) is 0 Å². The van der Waals surface area contributed by atoms with Crippen molar-refractivity contribution in [1.82, 2.24) is 0 Å². The lowest BCUT2D eigenvalue weighted by Gasteiger charge is -2.30. The Morgan fingerprint density at radius 2 is 0.940 bits per heavy atom. The molecular formula is C47H31NS2. The molecular weight excluding hydrogens is 643 g/mol. The fourth-order valence-corrected chi connectivity index (χ4v) is 9.94. The van der Waals surface area contributed by atoms with Crippen molar-refractivity contribution in [2.75, 3.05) is 4.90 Å². The van der Waals surface area contributed by atoms with E-state index in [2.05, 4.69) is 181 Å². The molecule has 0 aliphatic carbocycles. The first-order chi connectivity index (χ1) is 24.8. The van der Waals surface area contributed by atoms with E-state index in [0.717, 1.165) is 0 Å². The summed E-state index contributed by atoms with van der Waals surface area (Å²) < 4.78 is 5.26. The van der Waals surface area contributed by atoms with Gasteiger partial charge in [0.05, 0.1) is 5.69 Å². The number of nitrogens with zero attached hydrogens (tertiary/aromatic N) is 1. The van der Waals surface area contributed by atoms with Gasteiger partial charge in [0.15, 0.2) is 0 Å². The summed E-state index contributed by atoms with van der Waals surface area (Å²) in [6.07, 6.45) is 0. The molecule has 2 aromatic heterocycles. The zero-order valence-electron chi connectivity index (χ0n) is 27.2. The molecule has 10 rings (SSSR count). The average Bonchev–Trinajstić information content (AvgIpc) is 3.76. The first-order valence-electron chi connectivity index (χ1n) is 17.0.